The second-order valence-corrected chi connectivity index (χ2v) is 7.10. The average Bonchev–Trinajstić information content (AvgIpc) is 2.85. The monoisotopic (exact) mass is 374 g/mol. The van der Waals surface area contributed by atoms with Crippen molar-refractivity contribution >= 4 is 28.9 Å². The van der Waals surface area contributed by atoms with E-state index in [9.17, 15) is 4.79 Å². The highest BCUT2D eigenvalue weighted by atomic mass is 35.5. The molecule has 0 bridgehead atoms. The van der Waals surface area contributed by atoms with Gasteiger partial charge in [0.2, 0.25) is 5.91 Å². The third kappa shape index (κ3) is 3.51. The van der Waals surface area contributed by atoms with Crippen LogP contribution in [0, 0.1) is 0 Å². The van der Waals surface area contributed by atoms with Crippen molar-refractivity contribution in [2.45, 2.75) is 18.9 Å². The lowest BCUT2D eigenvalue weighted by Crippen LogP contribution is -2.30. The van der Waals surface area contributed by atoms with Gasteiger partial charge in [-0.15, -0.1) is 0 Å². The minimum Gasteiger partial charge on any atom is -0.324 e. The number of aliphatic imine (C=N–C) groups is 1. The summed E-state index contributed by atoms with van der Waals surface area (Å²) in [5, 5.41) is 3.65. The number of nitrogens with one attached hydrogen (secondary N) is 1. The highest BCUT2D eigenvalue weighted by Gasteiger charge is 2.30. The molecule has 4 rings (SSSR count). The van der Waals surface area contributed by atoms with Gasteiger partial charge in [-0.3, -0.25) is 9.79 Å². The first-order valence-corrected chi connectivity index (χ1v) is 9.30. The highest BCUT2D eigenvalue weighted by molar-refractivity contribution is 6.32. The van der Waals surface area contributed by atoms with Crippen molar-refractivity contribution in [1.82, 2.24) is 0 Å². The Kier molecular flexibility index (Phi) is 4.78. The number of carbonyl (C=O) groups is 1. The lowest BCUT2D eigenvalue weighted by molar-refractivity contribution is -0.117. The Morgan fingerprint density at radius 2 is 1.63 bits per heavy atom. The highest BCUT2D eigenvalue weighted by Crippen LogP contribution is 2.31. The van der Waals surface area contributed by atoms with Gasteiger partial charge in [0.15, 0.2) is 0 Å². The van der Waals surface area contributed by atoms with E-state index in [1.807, 2.05) is 79.7 Å². The summed E-state index contributed by atoms with van der Waals surface area (Å²) in [6.45, 7) is 2.04. The van der Waals surface area contributed by atoms with Gasteiger partial charge in [-0.25, -0.2) is 0 Å². The van der Waals surface area contributed by atoms with Crippen LogP contribution >= 0.6 is 11.6 Å². The van der Waals surface area contributed by atoms with Gasteiger partial charge in [0.1, 0.15) is 6.04 Å². The predicted molar refractivity (Wildman–Crippen MR) is 111 cm³/mol. The largest absolute Gasteiger partial charge is 0.324 e. The molecule has 134 valence electrons. The molecule has 0 aromatic heterocycles. The smallest absolute Gasteiger partial charge is 0.249 e. The van der Waals surface area contributed by atoms with Crippen LogP contribution < -0.4 is 5.32 Å². The van der Waals surface area contributed by atoms with E-state index in [4.69, 9.17) is 16.6 Å². The molecular formula is C23H19ClN2O. The van der Waals surface area contributed by atoms with Gasteiger partial charge in [-0.2, -0.15) is 0 Å². The Morgan fingerprint density at radius 1 is 0.963 bits per heavy atom. The number of rotatable bonds is 3. The van der Waals surface area contributed by atoms with Crippen molar-refractivity contribution in [2.24, 2.45) is 4.99 Å². The molecule has 1 amide bonds. The van der Waals surface area contributed by atoms with Crippen LogP contribution in [0.25, 0.3) is 0 Å². The number of anilines is 1. The van der Waals surface area contributed by atoms with E-state index in [1.165, 1.54) is 0 Å². The molecule has 1 aliphatic rings. The maximum absolute atomic E-state index is 13.0. The number of halogens is 1. The van der Waals surface area contributed by atoms with E-state index < -0.39 is 6.04 Å². The number of nitrogens with zero attached hydrogens (tertiary/aromatic N) is 1. The fourth-order valence-corrected chi connectivity index (χ4v) is 3.57. The van der Waals surface area contributed by atoms with E-state index in [0.29, 0.717) is 5.02 Å². The van der Waals surface area contributed by atoms with Gasteiger partial charge in [0, 0.05) is 22.1 Å². The van der Waals surface area contributed by atoms with Crippen molar-refractivity contribution in [1.29, 1.82) is 0 Å². The van der Waals surface area contributed by atoms with Gasteiger partial charge in [0.05, 0.1) is 11.4 Å². The van der Waals surface area contributed by atoms with E-state index >= 15 is 0 Å². The topological polar surface area (TPSA) is 41.5 Å². The molecular weight excluding hydrogens is 356 g/mol. The summed E-state index contributed by atoms with van der Waals surface area (Å²) in [5.41, 5.74) is 4.39. The van der Waals surface area contributed by atoms with E-state index in [1.54, 1.807) is 6.07 Å². The van der Waals surface area contributed by atoms with E-state index in [0.717, 1.165) is 28.1 Å². The zero-order chi connectivity index (χ0) is 18.8. The van der Waals surface area contributed by atoms with Gasteiger partial charge >= 0.3 is 0 Å². The number of carbonyl (C=O) groups excluding carboxylic acids is 1. The van der Waals surface area contributed by atoms with Gasteiger partial charge < -0.3 is 5.32 Å². The Morgan fingerprint density at radius 3 is 2.33 bits per heavy atom. The molecule has 3 nitrogen and oxygen atoms in total. The first kappa shape index (κ1) is 17.5. The minimum absolute atomic E-state index is 0.0605. The zero-order valence-electron chi connectivity index (χ0n) is 14.9. The molecule has 0 fully saturated rings. The van der Waals surface area contributed by atoms with Crippen LogP contribution in [0.15, 0.2) is 83.9 Å². The van der Waals surface area contributed by atoms with Crippen molar-refractivity contribution < 1.29 is 4.79 Å². The van der Waals surface area contributed by atoms with Crippen LogP contribution in [0.2, 0.25) is 5.02 Å². The summed E-state index contributed by atoms with van der Waals surface area (Å²) in [6, 6.07) is 24.9. The number of benzene rings is 3. The van der Waals surface area contributed by atoms with Gasteiger partial charge in [-0.05, 0) is 23.8 Å². The summed E-state index contributed by atoms with van der Waals surface area (Å²) >= 11 is 6.25. The SMILES string of the molecule is CC(c1ccccc1)C1N=C(c2ccccc2)c2cc(Cl)ccc2NC1=O. The van der Waals surface area contributed by atoms with Crippen LogP contribution in [-0.2, 0) is 4.79 Å². The van der Waals surface area contributed by atoms with Crippen LogP contribution in [0.4, 0.5) is 5.69 Å². The molecule has 2 unspecified atom stereocenters. The number of benzodiazepines with no additional fused rings is 1. The molecule has 1 heterocycles. The Bertz CT molecular complexity index is 999. The lowest BCUT2D eigenvalue weighted by atomic mass is 9.93. The normalized spacial score (nSPS) is 17.3. The molecule has 0 radical (unpaired) electrons. The third-order valence-electron chi connectivity index (χ3n) is 4.88. The third-order valence-corrected chi connectivity index (χ3v) is 5.11. The molecule has 3 aromatic rings. The second kappa shape index (κ2) is 7.37. The fraction of sp³-hybridized carbons (Fsp3) is 0.130. The van der Waals surface area contributed by atoms with Crippen LogP contribution in [0.3, 0.4) is 0 Å². The van der Waals surface area contributed by atoms with E-state index in [-0.39, 0.29) is 11.8 Å². The number of hydrogen-bond donors (Lipinski definition) is 1. The van der Waals surface area contributed by atoms with Crippen LogP contribution in [0.5, 0.6) is 0 Å². The quantitative estimate of drug-likeness (QED) is 0.663. The predicted octanol–water partition coefficient (Wildman–Crippen LogP) is 5.30. The zero-order valence-corrected chi connectivity index (χ0v) is 15.6. The molecule has 1 aliphatic heterocycles. The number of amides is 1. The lowest BCUT2D eigenvalue weighted by Gasteiger charge is -2.19. The summed E-state index contributed by atoms with van der Waals surface area (Å²) in [4.78, 5) is 17.9. The summed E-state index contributed by atoms with van der Waals surface area (Å²) in [5.74, 6) is -0.171. The standard InChI is InChI=1S/C23H19ClN2O/c1-15(16-8-4-2-5-9-16)21-23(27)25-20-13-12-18(24)14-19(20)22(26-21)17-10-6-3-7-11-17/h2-15,21H,1H3,(H,25,27). The van der Waals surface area contributed by atoms with Crippen LogP contribution in [-0.4, -0.2) is 17.7 Å². The second-order valence-electron chi connectivity index (χ2n) is 6.67. The average molecular weight is 375 g/mol. The molecule has 0 aliphatic carbocycles. The molecule has 1 N–H and O–H groups in total. The van der Waals surface area contributed by atoms with Crippen molar-refractivity contribution in [2.75, 3.05) is 5.32 Å². The minimum atomic E-state index is -0.534. The maximum Gasteiger partial charge on any atom is 0.249 e. The molecule has 0 saturated heterocycles. The first-order valence-electron chi connectivity index (χ1n) is 8.92. The summed E-state index contributed by atoms with van der Waals surface area (Å²) < 4.78 is 0. The molecule has 0 spiro atoms. The number of fused-ring (bicyclic) bond motifs is 1. The fourth-order valence-electron chi connectivity index (χ4n) is 3.40. The summed E-state index contributed by atoms with van der Waals surface area (Å²) in [6.07, 6.45) is 0. The number of hydrogen-bond acceptors (Lipinski definition) is 2. The molecule has 0 saturated carbocycles. The molecule has 2 atom stereocenters. The van der Waals surface area contributed by atoms with Gasteiger partial charge in [-0.1, -0.05) is 79.2 Å². The Labute approximate surface area is 163 Å². The Hall–Kier alpha value is -2.91. The van der Waals surface area contributed by atoms with Crippen molar-refractivity contribution in [3.63, 3.8) is 0 Å². The van der Waals surface area contributed by atoms with Crippen molar-refractivity contribution in [3.8, 4) is 0 Å². The van der Waals surface area contributed by atoms with Crippen LogP contribution in [0.1, 0.15) is 29.5 Å². The molecule has 27 heavy (non-hydrogen) atoms. The maximum atomic E-state index is 13.0. The summed E-state index contributed by atoms with van der Waals surface area (Å²) in [7, 11) is 0. The van der Waals surface area contributed by atoms with E-state index in [2.05, 4.69) is 5.32 Å². The van der Waals surface area contributed by atoms with Gasteiger partial charge in [0.25, 0.3) is 0 Å². The van der Waals surface area contributed by atoms with Crippen molar-refractivity contribution in [3.05, 3.63) is 101 Å². The Balaban J connectivity index is 1.87. The molecule has 4 heteroatoms. The molecule has 3 aromatic carbocycles. The first-order chi connectivity index (χ1) is 13.1.